The average Bonchev–Trinajstić information content (AvgIpc) is 2.54. The van der Waals surface area contributed by atoms with Crippen LogP contribution in [0.25, 0.3) is 11.0 Å². The van der Waals surface area contributed by atoms with Crippen molar-refractivity contribution in [1.29, 1.82) is 0 Å². The highest BCUT2D eigenvalue weighted by Crippen LogP contribution is 2.19. The first-order chi connectivity index (χ1) is 7.18. The monoisotopic (exact) mass is 222 g/mol. The van der Waals surface area contributed by atoms with Crippen LogP contribution in [0.3, 0.4) is 0 Å². The summed E-state index contributed by atoms with van der Waals surface area (Å²) in [6.07, 6.45) is 0.561. The molecule has 1 unspecified atom stereocenters. The summed E-state index contributed by atoms with van der Waals surface area (Å²) in [6, 6.07) is 7.73. The standard InChI is InChI=1S/C10H11N2O2P/c13-10(14)6-5-9-11-7-3-1-2-4-8(7)12(9)15/h1-4H,5-6,15H2,(H,13,14). The van der Waals surface area contributed by atoms with Crippen molar-refractivity contribution in [3.8, 4) is 0 Å². The molecule has 15 heavy (non-hydrogen) atoms. The van der Waals surface area contributed by atoms with Gasteiger partial charge in [0.05, 0.1) is 17.5 Å². The fourth-order valence-corrected chi connectivity index (χ4v) is 1.89. The van der Waals surface area contributed by atoms with Crippen molar-refractivity contribution >= 4 is 26.4 Å². The zero-order chi connectivity index (χ0) is 10.8. The molecule has 78 valence electrons. The SMILES string of the molecule is O=C(O)CCc1nc2ccccc2n1P. The molecule has 2 aromatic rings. The number of imidazole rings is 1. The Bertz CT molecular complexity index is 507. The largest absolute Gasteiger partial charge is 0.481 e. The summed E-state index contributed by atoms with van der Waals surface area (Å²) in [5.74, 6) is -0.0179. The predicted octanol–water partition coefficient (Wildman–Crippen LogP) is 1.69. The number of fused-ring (bicyclic) bond motifs is 1. The lowest BCUT2D eigenvalue weighted by Gasteiger charge is -1.99. The van der Waals surface area contributed by atoms with Crippen LogP contribution in [0.5, 0.6) is 0 Å². The van der Waals surface area contributed by atoms with Crippen LogP contribution in [-0.4, -0.2) is 20.4 Å². The zero-order valence-corrected chi connectivity index (χ0v) is 9.21. The number of aliphatic carboxylic acids is 1. The van der Waals surface area contributed by atoms with E-state index in [0.29, 0.717) is 6.42 Å². The summed E-state index contributed by atoms with van der Waals surface area (Å²) in [5, 5.41) is 8.60. The molecule has 0 radical (unpaired) electrons. The predicted molar refractivity (Wildman–Crippen MR) is 60.8 cm³/mol. The normalized spacial score (nSPS) is 10.7. The number of carboxylic acids is 1. The third-order valence-corrected chi connectivity index (χ3v) is 2.81. The molecule has 1 aromatic carbocycles. The first-order valence-electron chi connectivity index (χ1n) is 4.61. The van der Waals surface area contributed by atoms with E-state index < -0.39 is 5.97 Å². The number of hydrogen-bond acceptors (Lipinski definition) is 2. The topological polar surface area (TPSA) is 55.1 Å². The molecule has 0 aliphatic heterocycles. The van der Waals surface area contributed by atoms with Gasteiger partial charge in [-0.05, 0) is 21.5 Å². The maximum atomic E-state index is 10.5. The third kappa shape index (κ3) is 2.00. The number of rotatable bonds is 3. The maximum absolute atomic E-state index is 10.5. The molecular formula is C10H11N2O2P. The molecule has 1 atom stereocenters. The van der Waals surface area contributed by atoms with Crippen molar-refractivity contribution < 1.29 is 9.90 Å². The second-order valence-corrected chi connectivity index (χ2v) is 3.80. The van der Waals surface area contributed by atoms with Gasteiger partial charge in [0.1, 0.15) is 5.82 Å². The Balaban J connectivity index is 2.36. The number of nitrogens with zero attached hydrogens (tertiary/aromatic N) is 2. The second-order valence-electron chi connectivity index (χ2n) is 3.28. The molecule has 0 spiro atoms. The minimum atomic E-state index is -0.799. The molecule has 0 aliphatic carbocycles. The molecule has 1 N–H and O–H groups in total. The Kier molecular flexibility index (Phi) is 2.69. The van der Waals surface area contributed by atoms with Crippen LogP contribution >= 0.6 is 9.39 Å². The lowest BCUT2D eigenvalue weighted by atomic mass is 10.3. The lowest BCUT2D eigenvalue weighted by molar-refractivity contribution is -0.137. The van der Waals surface area contributed by atoms with E-state index in [1.807, 2.05) is 28.6 Å². The number of carboxylic acid groups (broad SMARTS) is 1. The van der Waals surface area contributed by atoms with Gasteiger partial charge in [-0.2, -0.15) is 0 Å². The minimum Gasteiger partial charge on any atom is -0.481 e. The number of aryl methyl sites for hydroxylation is 1. The van der Waals surface area contributed by atoms with E-state index >= 15 is 0 Å². The van der Waals surface area contributed by atoms with E-state index in [4.69, 9.17) is 5.11 Å². The molecule has 0 aliphatic rings. The van der Waals surface area contributed by atoms with Gasteiger partial charge in [0.25, 0.3) is 0 Å². The van der Waals surface area contributed by atoms with E-state index in [1.165, 1.54) is 0 Å². The van der Waals surface area contributed by atoms with Crippen molar-refractivity contribution in [2.75, 3.05) is 0 Å². The number of para-hydroxylation sites is 2. The highest BCUT2D eigenvalue weighted by atomic mass is 31.0. The van der Waals surface area contributed by atoms with Gasteiger partial charge in [-0.1, -0.05) is 12.1 Å². The third-order valence-electron chi connectivity index (χ3n) is 2.23. The molecule has 0 amide bonds. The molecule has 0 saturated heterocycles. The van der Waals surface area contributed by atoms with Crippen LogP contribution in [0, 0.1) is 0 Å². The van der Waals surface area contributed by atoms with Crippen molar-refractivity contribution in [3.05, 3.63) is 30.1 Å². The first kappa shape index (κ1) is 10.1. The van der Waals surface area contributed by atoms with Crippen molar-refractivity contribution in [1.82, 2.24) is 9.32 Å². The number of aromatic nitrogens is 2. The molecule has 0 bridgehead atoms. The Hall–Kier alpha value is -1.41. The molecular weight excluding hydrogens is 211 g/mol. The van der Waals surface area contributed by atoms with Gasteiger partial charge < -0.3 is 9.44 Å². The molecule has 1 aromatic heterocycles. The van der Waals surface area contributed by atoms with E-state index in [2.05, 4.69) is 14.4 Å². The van der Waals surface area contributed by atoms with Crippen LogP contribution in [0.4, 0.5) is 0 Å². The van der Waals surface area contributed by atoms with Gasteiger partial charge in [0.2, 0.25) is 0 Å². The first-order valence-corrected chi connectivity index (χ1v) is 5.13. The summed E-state index contributed by atoms with van der Waals surface area (Å²) >= 11 is 0. The summed E-state index contributed by atoms with van der Waals surface area (Å²) in [6.45, 7) is 0. The van der Waals surface area contributed by atoms with E-state index in [0.717, 1.165) is 16.9 Å². The van der Waals surface area contributed by atoms with Crippen LogP contribution in [-0.2, 0) is 11.2 Å². The zero-order valence-electron chi connectivity index (χ0n) is 8.05. The average molecular weight is 222 g/mol. The molecule has 0 fully saturated rings. The van der Waals surface area contributed by atoms with Gasteiger partial charge >= 0.3 is 5.97 Å². The molecule has 1 heterocycles. The van der Waals surface area contributed by atoms with Crippen molar-refractivity contribution in [3.63, 3.8) is 0 Å². The van der Waals surface area contributed by atoms with Crippen molar-refractivity contribution in [2.45, 2.75) is 12.8 Å². The lowest BCUT2D eigenvalue weighted by Crippen LogP contribution is -2.00. The summed E-state index contributed by atoms with van der Waals surface area (Å²) in [5.41, 5.74) is 1.90. The molecule has 4 nitrogen and oxygen atoms in total. The molecule has 0 saturated carbocycles. The minimum absolute atomic E-state index is 0.109. The van der Waals surface area contributed by atoms with E-state index in [1.54, 1.807) is 0 Å². The van der Waals surface area contributed by atoms with Crippen LogP contribution < -0.4 is 0 Å². The van der Waals surface area contributed by atoms with E-state index in [-0.39, 0.29) is 6.42 Å². The number of hydrogen-bond donors (Lipinski definition) is 1. The van der Waals surface area contributed by atoms with Crippen LogP contribution in [0.15, 0.2) is 24.3 Å². The highest BCUT2D eigenvalue weighted by Gasteiger charge is 2.08. The summed E-state index contributed by atoms with van der Waals surface area (Å²) in [7, 11) is 2.56. The summed E-state index contributed by atoms with van der Waals surface area (Å²) in [4.78, 5) is 14.8. The Morgan fingerprint density at radius 3 is 2.87 bits per heavy atom. The number of carbonyl (C=O) groups is 1. The highest BCUT2D eigenvalue weighted by molar-refractivity contribution is 7.15. The maximum Gasteiger partial charge on any atom is 0.303 e. The van der Waals surface area contributed by atoms with Gasteiger partial charge in [-0.25, -0.2) is 4.98 Å². The van der Waals surface area contributed by atoms with Crippen LogP contribution in [0.2, 0.25) is 0 Å². The molecule has 2 rings (SSSR count). The van der Waals surface area contributed by atoms with Crippen molar-refractivity contribution in [2.24, 2.45) is 0 Å². The van der Waals surface area contributed by atoms with Gasteiger partial charge in [-0.3, -0.25) is 4.79 Å². The van der Waals surface area contributed by atoms with Gasteiger partial charge in [0, 0.05) is 6.42 Å². The summed E-state index contributed by atoms with van der Waals surface area (Å²) < 4.78 is 1.86. The molecule has 5 heteroatoms. The smallest absolute Gasteiger partial charge is 0.303 e. The quantitative estimate of drug-likeness (QED) is 0.804. The van der Waals surface area contributed by atoms with Gasteiger partial charge in [-0.15, -0.1) is 0 Å². The van der Waals surface area contributed by atoms with Gasteiger partial charge in [0.15, 0.2) is 0 Å². The Morgan fingerprint density at radius 2 is 2.20 bits per heavy atom. The van der Waals surface area contributed by atoms with E-state index in [9.17, 15) is 4.79 Å². The Morgan fingerprint density at radius 1 is 1.47 bits per heavy atom. The number of benzene rings is 1. The fraction of sp³-hybridized carbons (Fsp3) is 0.200. The Labute approximate surface area is 89.2 Å². The second kappa shape index (κ2) is 3.99. The van der Waals surface area contributed by atoms with Crippen LogP contribution in [0.1, 0.15) is 12.2 Å². The fourth-order valence-electron chi connectivity index (χ4n) is 1.49.